The van der Waals surface area contributed by atoms with Crippen molar-refractivity contribution in [2.45, 2.75) is 58.1 Å². The summed E-state index contributed by atoms with van der Waals surface area (Å²) in [4.78, 5) is 2.58. The largest absolute Gasteiger partial charge is 0.409 e. The summed E-state index contributed by atoms with van der Waals surface area (Å²) in [7, 11) is 0. The monoisotopic (exact) mass is 301 g/mol. The van der Waals surface area contributed by atoms with E-state index in [4.69, 9.17) is 10.9 Å². The Labute approximate surface area is 128 Å². The van der Waals surface area contributed by atoms with Crippen molar-refractivity contribution in [2.75, 3.05) is 25.4 Å². The number of amidine groups is 1. The number of hydrogen-bond donors (Lipinski definition) is 2. The summed E-state index contributed by atoms with van der Waals surface area (Å²) in [5, 5.41) is 11.9. The van der Waals surface area contributed by atoms with E-state index >= 15 is 0 Å². The number of rotatable bonds is 6. The molecule has 1 aliphatic rings. The van der Waals surface area contributed by atoms with Crippen molar-refractivity contribution < 1.29 is 5.21 Å². The molecule has 20 heavy (non-hydrogen) atoms. The minimum Gasteiger partial charge on any atom is -0.409 e. The van der Waals surface area contributed by atoms with Gasteiger partial charge in [0.25, 0.3) is 0 Å². The molecule has 0 atom stereocenters. The van der Waals surface area contributed by atoms with Crippen LogP contribution in [0.15, 0.2) is 5.16 Å². The van der Waals surface area contributed by atoms with Gasteiger partial charge < -0.3 is 15.8 Å². The molecule has 118 valence electrons. The predicted octanol–water partition coefficient (Wildman–Crippen LogP) is 3.15. The minimum absolute atomic E-state index is 0.203. The Kier molecular flexibility index (Phi) is 6.65. The first-order valence-corrected chi connectivity index (χ1v) is 8.60. The topological polar surface area (TPSA) is 61.8 Å². The van der Waals surface area contributed by atoms with Gasteiger partial charge in [0.1, 0.15) is 5.84 Å². The Morgan fingerprint density at radius 2 is 2.05 bits per heavy atom. The lowest BCUT2D eigenvalue weighted by Crippen LogP contribution is -2.32. The van der Waals surface area contributed by atoms with Gasteiger partial charge in [-0.1, -0.05) is 39.3 Å². The molecule has 0 saturated carbocycles. The van der Waals surface area contributed by atoms with Crippen LogP contribution in [0.2, 0.25) is 0 Å². The Balaban J connectivity index is 2.25. The summed E-state index contributed by atoms with van der Waals surface area (Å²) < 4.78 is 0.433. The molecule has 1 saturated heterocycles. The molecule has 0 aromatic rings. The zero-order valence-corrected chi connectivity index (χ0v) is 14.3. The molecular weight excluding hydrogens is 270 g/mol. The molecule has 1 heterocycles. The number of oxime groups is 1. The molecule has 0 bridgehead atoms. The van der Waals surface area contributed by atoms with Crippen molar-refractivity contribution in [3.63, 3.8) is 0 Å². The fourth-order valence-corrected chi connectivity index (χ4v) is 3.59. The average molecular weight is 302 g/mol. The van der Waals surface area contributed by atoms with Crippen molar-refractivity contribution >= 4 is 17.6 Å². The number of nitrogens with two attached hydrogens (primary N) is 1. The van der Waals surface area contributed by atoms with E-state index < -0.39 is 0 Å². The molecule has 1 rings (SSSR count). The second-order valence-corrected chi connectivity index (χ2v) is 8.83. The van der Waals surface area contributed by atoms with Crippen LogP contribution in [-0.2, 0) is 0 Å². The fourth-order valence-electron chi connectivity index (χ4n) is 2.45. The highest BCUT2D eigenvalue weighted by atomic mass is 32.2. The van der Waals surface area contributed by atoms with Crippen molar-refractivity contribution in [1.29, 1.82) is 0 Å². The van der Waals surface area contributed by atoms with Gasteiger partial charge >= 0.3 is 0 Å². The second-order valence-electron chi connectivity index (χ2n) is 7.03. The van der Waals surface area contributed by atoms with Crippen LogP contribution in [0.5, 0.6) is 0 Å². The number of nitrogens with zero attached hydrogens (tertiary/aromatic N) is 2. The van der Waals surface area contributed by atoms with E-state index in [1.54, 1.807) is 0 Å². The molecule has 0 aliphatic carbocycles. The molecule has 1 fully saturated rings. The van der Waals surface area contributed by atoms with Gasteiger partial charge in [0.2, 0.25) is 0 Å². The highest BCUT2D eigenvalue weighted by molar-refractivity contribution is 8.00. The number of hydrogen-bond acceptors (Lipinski definition) is 4. The van der Waals surface area contributed by atoms with Gasteiger partial charge in [0, 0.05) is 22.5 Å². The van der Waals surface area contributed by atoms with Gasteiger partial charge in [-0.15, -0.1) is 0 Å². The van der Waals surface area contributed by atoms with Gasteiger partial charge in [-0.05, 0) is 32.4 Å². The molecule has 4 nitrogen and oxygen atoms in total. The third kappa shape index (κ3) is 5.92. The van der Waals surface area contributed by atoms with Crippen molar-refractivity contribution in [3.8, 4) is 0 Å². The summed E-state index contributed by atoms with van der Waals surface area (Å²) >= 11 is 2.09. The summed E-state index contributed by atoms with van der Waals surface area (Å²) in [6, 6.07) is 0. The molecule has 0 amide bonds. The molecule has 1 aliphatic heterocycles. The highest BCUT2D eigenvalue weighted by Crippen LogP contribution is 2.31. The number of thioether (sulfide) groups is 1. The first-order valence-electron chi connectivity index (χ1n) is 7.61. The third-order valence-electron chi connectivity index (χ3n) is 4.26. The van der Waals surface area contributed by atoms with Crippen LogP contribution in [-0.4, -0.2) is 46.1 Å². The zero-order chi connectivity index (χ0) is 15.2. The Morgan fingerprint density at radius 3 is 2.70 bits per heavy atom. The van der Waals surface area contributed by atoms with E-state index in [2.05, 4.69) is 35.7 Å². The van der Waals surface area contributed by atoms with Crippen molar-refractivity contribution in [1.82, 2.24) is 4.90 Å². The SMILES string of the molecule is CC1(C)CCN(CCCCC(C)(C)C(N)=NO)CCS1. The van der Waals surface area contributed by atoms with Gasteiger partial charge in [-0.3, -0.25) is 0 Å². The average Bonchev–Trinajstić information content (AvgIpc) is 2.55. The van der Waals surface area contributed by atoms with Crippen LogP contribution >= 0.6 is 11.8 Å². The molecular formula is C15H31N3OS. The van der Waals surface area contributed by atoms with Crippen LogP contribution in [0.3, 0.4) is 0 Å². The van der Waals surface area contributed by atoms with Crippen LogP contribution in [0.1, 0.15) is 53.4 Å². The van der Waals surface area contributed by atoms with Crippen LogP contribution in [0.25, 0.3) is 0 Å². The van der Waals surface area contributed by atoms with Crippen LogP contribution in [0.4, 0.5) is 0 Å². The van der Waals surface area contributed by atoms with E-state index in [9.17, 15) is 0 Å². The van der Waals surface area contributed by atoms with E-state index in [0.717, 1.165) is 12.8 Å². The maximum atomic E-state index is 8.76. The Bertz CT molecular complexity index is 329. The molecule has 0 aromatic carbocycles. The van der Waals surface area contributed by atoms with Crippen molar-refractivity contribution in [3.05, 3.63) is 0 Å². The first-order chi connectivity index (χ1) is 9.27. The molecule has 0 aromatic heterocycles. The van der Waals surface area contributed by atoms with Crippen LogP contribution < -0.4 is 5.73 Å². The van der Waals surface area contributed by atoms with Crippen LogP contribution in [0, 0.1) is 5.41 Å². The predicted molar refractivity (Wildman–Crippen MR) is 88.6 cm³/mol. The van der Waals surface area contributed by atoms with Gasteiger partial charge in [0.15, 0.2) is 0 Å². The third-order valence-corrected chi connectivity index (χ3v) is 5.63. The Morgan fingerprint density at radius 1 is 1.35 bits per heavy atom. The molecule has 3 N–H and O–H groups in total. The lowest BCUT2D eigenvalue weighted by molar-refractivity contribution is 0.270. The highest BCUT2D eigenvalue weighted by Gasteiger charge is 2.24. The summed E-state index contributed by atoms with van der Waals surface area (Å²) in [6.45, 7) is 12.4. The first kappa shape index (κ1) is 17.6. The number of unbranched alkanes of at least 4 members (excludes halogenated alkanes) is 1. The second kappa shape index (κ2) is 7.55. The normalized spacial score (nSPS) is 21.7. The molecule has 0 spiro atoms. The molecule has 0 radical (unpaired) electrons. The van der Waals surface area contributed by atoms with E-state index in [0.29, 0.717) is 10.6 Å². The summed E-state index contributed by atoms with van der Waals surface area (Å²) in [5.74, 6) is 1.58. The van der Waals surface area contributed by atoms with Gasteiger partial charge in [0.05, 0.1) is 0 Å². The zero-order valence-electron chi connectivity index (χ0n) is 13.5. The van der Waals surface area contributed by atoms with E-state index in [-0.39, 0.29) is 5.41 Å². The molecule has 5 heteroatoms. The quantitative estimate of drug-likeness (QED) is 0.260. The summed E-state index contributed by atoms with van der Waals surface area (Å²) in [6.07, 6.45) is 4.55. The smallest absolute Gasteiger partial charge is 0.144 e. The summed E-state index contributed by atoms with van der Waals surface area (Å²) in [5.41, 5.74) is 5.51. The maximum Gasteiger partial charge on any atom is 0.144 e. The standard InChI is InChI=1S/C15H31N3OS/c1-14(2,13(16)17-19)7-5-6-9-18-10-8-15(3,4)20-12-11-18/h19H,5-12H2,1-4H3,(H2,16,17). The lowest BCUT2D eigenvalue weighted by Gasteiger charge is -2.24. The van der Waals surface area contributed by atoms with Gasteiger partial charge in [-0.25, -0.2) is 0 Å². The van der Waals surface area contributed by atoms with E-state index in [1.165, 1.54) is 38.2 Å². The molecule has 0 unspecified atom stereocenters. The fraction of sp³-hybridized carbons (Fsp3) is 0.933. The lowest BCUT2D eigenvalue weighted by atomic mass is 9.86. The minimum atomic E-state index is -0.203. The Hall–Kier alpha value is -0.420. The van der Waals surface area contributed by atoms with E-state index in [1.807, 2.05) is 13.8 Å². The van der Waals surface area contributed by atoms with Crippen molar-refractivity contribution in [2.24, 2.45) is 16.3 Å². The van der Waals surface area contributed by atoms with Gasteiger partial charge in [-0.2, -0.15) is 11.8 Å². The maximum absolute atomic E-state index is 8.76.